The number of Topliss-reactive ketones (excluding diaryl/α,β-unsaturated/α-hetero) is 3. The van der Waals surface area contributed by atoms with Gasteiger partial charge in [0.15, 0.2) is 11.6 Å². The molecule has 0 bridgehead atoms. The molecule has 2 atom stereocenters. The highest BCUT2D eigenvalue weighted by Crippen LogP contribution is 2.60. The summed E-state index contributed by atoms with van der Waals surface area (Å²) in [5.74, 6) is -0.624. The maximum atomic E-state index is 14.0. The van der Waals surface area contributed by atoms with Gasteiger partial charge in [-0.15, -0.1) is 0 Å². The van der Waals surface area contributed by atoms with Crippen molar-refractivity contribution in [2.45, 2.75) is 24.7 Å². The lowest BCUT2D eigenvalue weighted by Crippen LogP contribution is -2.49. The highest BCUT2D eigenvalue weighted by molar-refractivity contribution is 6.31. The minimum Gasteiger partial charge on any atom is -0.497 e. The van der Waals surface area contributed by atoms with Crippen LogP contribution in [0.15, 0.2) is 78.9 Å². The van der Waals surface area contributed by atoms with Gasteiger partial charge in [-0.2, -0.15) is 0 Å². The average Bonchev–Trinajstić information content (AvgIpc) is 3.04. The first-order valence-electron chi connectivity index (χ1n) is 10.5. The molecule has 2 aliphatic rings. The van der Waals surface area contributed by atoms with Gasteiger partial charge in [-0.05, 0) is 23.3 Å². The van der Waals surface area contributed by atoms with Gasteiger partial charge in [0.2, 0.25) is 0 Å². The molecule has 0 heterocycles. The van der Waals surface area contributed by atoms with Crippen molar-refractivity contribution in [2.75, 3.05) is 7.11 Å². The minimum absolute atomic E-state index is 0.0665. The zero-order valence-electron chi connectivity index (χ0n) is 17.2. The summed E-state index contributed by atoms with van der Waals surface area (Å²) in [4.78, 5) is 41.0. The van der Waals surface area contributed by atoms with Crippen molar-refractivity contribution in [1.29, 1.82) is 0 Å². The molecule has 154 valence electrons. The van der Waals surface area contributed by atoms with Crippen molar-refractivity contribution in [3.8, 4) is 5.75 Å². The van der Waals surface area contributed by atoms with Crippen molar-refractivity contribution in [2.24, 2.45) is 5.41 Å². The summed E-state index contributed by atoms with van der Waals surface area (Å²) in [6, 6.07) is 23.9. The Morgan fingerprint density at radius 2 is 1.16 bits per heavy atom. The van der Waals surface area contributed by atoms with Crippen LogP contribution in [-0.2, 0) is 4.79 Å². The van der Waals surface area contributed by atoms with E-state index in [2.05, 4.69) is 0 Å². The Hall–Kier alpha value is -3.53. The zero-order chi connectivity index (χ0) is 21.6. The van der Waals surface area contributed by atoms with Gasteiger partial charge in [0, 0.05) is 35.8 Å². The molecule has 4 heteroatoms. The fraction of sp³-hybridized carbons (Fsp3) is 0.222. The monoisotopic (exact) mass is 410 g/mol. The molecule has 4 nitrogen and oxygen atoms in total. The summed E-state index contributed by atoms with van der Waals surface area (Å²) in [6.45, 7) is 0. The number of benzene rings is 3. The van der Waals surface area contributed by atoms with Crippen molar-refractivity contribution < 1.29 is 19.1 Å². The molecule has 0 amide bonds. The minimum atomic E-state index is -1.33. The first-order valence-corrected chi connectivity index (χ1v) is 10.5. The second-order valence-electron chi connectivity index (χ2n) is 8.31. The molecule has 0 N–H and O–H groups in total. The first kappa shape index (κ1) is 19.4. The molecule has 1 spiro atoms. The Balaban J connectivity index is 1.76. The standard InChI is InChI=1S/C27H22O4/c1-31-20-13-11-18(12-14-20)24-16-19(28)15-23(17-7-3-2-4-8-17)27(24)25(29)21-9-5-6-10-22(21)26(27)30/h2-14,23-24H,15-16H2,1H3/t23-,24+/m0/s1. The number of carbonyl (C=O) groups is 3. The van der Waals surface area contributed by atoms with Crippen molar-refractivity contribution >= 4 is 17.3 Å². The van der Waals surface area contributed by atoms with E-state index in [1.54, 1.807) is 31.4 Å². The van der Waals surface area contributed by atoms with Crippen molar-refractivity contribution in [1.82, 2.24) is 0 Å². The van der Waals surface area contributed by atoms with Gasteiger partial charge >= 0.3 is 0 Å². The SMILES string of the molecule is COc1ccc([C@H]2CC(=O)C[C@@H](c3ccccc3)C23C(=O)c2ccccc2C3=O)cc1. The van der Waals surface area contributed by atoms with Crippen LogP contribution in [0.4, 0.5) is 0 Å². The summed E-state index contributed by atoms with van der Waals surface area (Å²) in [5.41, 5.74) is 1.25. The summed E-state index contributed by atoms with van der Waals surface area (Å²) in [5, 5.41) is 0. The summed E-state index contributed by atoms with van der Waals surface area (Å²) < 4.78 is 5.28. The van der Waals surface area contributed by atoms with Crippen molar-refractivity contribution in [3.63, 3.8) is 0 Å². The van der Waals surface area contributed by atoms with Gasteiger partial charge < -0.3 is 4.74 Å². The average molecular weight is 410 g/mol. The molecule has 1 fully saturated rings. The van der Waals surface area contributed by atoms with E-state index >= 15 is 0 Å². The van der Waals surface area contributed by atoms with Crippen LogP contribution in [0.1, 0.15) is 56.5 Å². The van der Waals surface area contributed by atoms with Crippen LogP contribution < -0.4 is 4.74 Å². The van der Waals surface area contributed by atoms with E-state index in [4.69, 9.17) is 4.74 Å². The Morgan fingerprint density at radius 1 is 0.677 bits per heavy atom. The summed E-state index contributed by atoms with van der Waals surface area (Å²) in [7, 11) is 1.59. The van der Waals surface area contributed by atoms with E-state index in [9.17, 15) is 14.4 Å². The smallest absolute Gasteiger partial charge is 0.178 e. The van der Waals surface area contributed by atoms with Crippen LogP contribution in [0.2, 0.25) is 0 Å². The number of hydrogen-bond donors (Lipinski definition) is 0. The molecule has 0 saturated heterocycles. The van der Waals surface area contributed by atoms with Gasteiger partial charge in [0.05, 0.1) is 7.11 Å². The number of fused-ring (bicyclic) bond motifs is 1. The predicted molar refractivity (Wildman–Crippen MR) is 117 cm³/mol. The number of ketones is 3. The van der Waals surface area contributed by atoms with Gasteiger partial charge in [0.25, 0.3) is 0 Å². The molecule has 0 aliphatic heterocycles. The van der Waals surface area contributed by atoms with Gasteiger partial charge in [-0.25, -0.2) is 0 Å². The third-order valence-electron chi connectivity index (χ3n) is 6.85. The third kappa shape index (κ3) is 2.78. The molecule has 0 radical (unpaired) electrons. The van der Waals surface area contributed by atoms with Crippen LogP contribution in [0.3, 0.4) is 0 Å². The Labute approximate surface area is 180 Å². The highest BCUT2D eigenvalue weighted by Gasteiger charge is 2.64. The largest absolute Gasteiger partial charge is 0.497 e. The van der Waals surface area contributed by atoms with Crippen LogP contribution in [0.5, 0.6) is 5.75 Å². The first-order chi connectivity index (χ1) is 15.1. The fourth-order valence-corrected chi connectivity index (χ4v) is 5.45. The molecular formula is C27H22O4. The van der Waals surface area contributed by atoms with Crippen LogP contribution in [0, 0.1) is 5.41 Å². The van der Waals surface area contributed by atoms with E-state index < -0.39 is 17.3 Å². The lowest BCUT2D eigenvalue weighted by atomic mass is 9.54. The predicted octanol–water partition coefficient (Wildman–Crippen LogP) is 4.99. The van der Waals surface area contributed by atoms with E-state index in [1.165, 1.54) is 0 Å². The van der Waals surface area contributed by atoms with E-state index in [1.807, 2.05) is 54.6 Å². The van der Waals surface area contributed by atoms with Gasteiger partial charge in [-0.3, -0.25) is 14.4 Å². The second kappa shape index (κ2) is 7.31. The third-order valence-corrected chi connectivity index (χ3v) is 6.85. The number of carbonyl (C=O) groups excluding carboxylic acids is 3. The molecule has 31 heavy (non-hydrogen) atoms. The summed E-state index contributed by atoms with van der Waals surface area (Å²) >= 11 is 0. The number of hydrogen-bond acceptors (Lipinski definition) is 4. The molecule has 0 unspecified atom stereocenters. The van der Waals surface area contributed by atoms with Gasteiger partial charge in [0.1, 0.15) is 16.9 Å². The van der Waals surface area contributed by atoms with Crippen LogP contribution >= 0.6 is 0 Å². The van der Waals surface area contributed by atoms with E-state index in [0.29, 0.717) is 16.9 Å². The Bertz CT molecular complexity index is 1140. The van der Waals surface area contributed by atoms with Gasteiger partial charge in [-0.1, -0.05) is 66.7 Å². The maximum Gasteiger partial charge on any atom is 0.178 e. The van der Waals surface area contributed by atoms with Crippen molar-refractivity contribution in [3.05, 3.63) is 101 Å². The molecule has 3 aromatic carbocycles. The normalized spacial score (nSPS) is 21.9. The molecule has 5 rings (SSSR count). The van der Waals surface area contributed by atoms with Crippen LogP contribution in [-0.4, -0.2) is 24.5 Å². The van der Waals surface area contributed by atoms with E-state index in [-0.39, 0.29) is 30.2 Å². The fourth-order valence-electron chi connectivity index (χ4n) is 5.45. The molecule has 1 saturated carbocycles. The highest BCUT2D eigenvalue weighted by atomic mass is 16.5. The molecule has 0 aromatic heterocycles. The summed E-state index contributed by atoms with van der Waals surface area (Å²) in [6.07, 6.45) is 0.350. The van der Waals surface area contributed by atoms with Crippen LogP contribution in [0.25, 0.3) is 0 Å². The number of rotatable bonds is 3. The lowest BCUT2D eigenvalue weighted by Gasteiger charge is -2.44. The molecule has 3 aromatic rings. The zero-order valence-corrected chi connectivity index (χ0v) is 17.2. The Kier molecular flexibility index (Phi) is 4.58. The second-order valence-corrected chi connectivity index (χ2v) is 8.31. The molecular weight excluding hydrogens is 388 g/mol. The maximum absolute atomic E-state index is 14.0. The quantitative estimate of drug-likeness (QED) is 0.571. The topological polar surface area (TPSA) is 60.4 Å². The lowest BCUT2D eigenvalue weighted by molar-refractivity contribution is -0.122. The number of ether oxygens (including phenoxy) is 1. The van der Waals surface area contributed by atoms with E-state index in [0.717, 1.165) is 11.1 Å². The number of methoxy groups -OCH3 is 1. The molecule has 2 aliphatic carbocycles. The Morgan fingerprint density at radius 3 is 1.68 bits per heavy atom.